The number of hydrogen-bond acceptors (Lipinski definition) is 5. The van der Waals surface area contributed by atoms with Gasteiger partial charge in [-0.15, -0.1) is 0 Å². The van der Waals surface area contributed by atoms with Crippen LogP contribution in [0.5, 0.6) is 5.75 Å². The predicted molar refractivity (Wildman–Crippen MR) is 95.6 cm³/mol. The van der Waals surface area contributed by atoms with Crippen LogP contribution >= 0.6 is 12.2 Å². The molecule has 134 valence electrons. The van der Waals surface area contributed by atoms with Gasteiger partial charge in [0.1, 0.15) is 11.9 Å². The Bertz CT molecular complexity index is 890. The van der Waals surface area contributed by atoms with Gasteiger partial charge in [-0.05, 0) is 47.6 Å². The summed E-state index contributed by atoms with van der Waals surface area (Å²) in [6.07, 6.45) is 0.815. The van der Waals surface area contributed by atoms with Crippen molar-refractivity contribution in [3.8, 4) is 16.9 Å². The summed E-state index contributed by atoms with van der Waals surface area (Å²) in [7, 11) is 1.37. The van der Waals surface area contributed by atoms with Gasteiger partial charge in [0.05, 0.1) is 23.9 Å². The highest BCUT2D eigenvalue weighted by molar-refractivity contribution is 7.78. The normalized spacial score (nSPS) is 18.4. The maximum Gasteiger partial charge on any atom is 0.341 e. The fourth-order valence-corrected chi connectivity index (χ4v) is 2.88. The topological polar surface area (TPSA) is 47.9 Å². The van der Waals surface area contributed by atoms with E-state index in [1.165, 1.54) is 31.4 Å². The van der Waals surface area contributed by atoms with Crippen molar-refractivity contribution in [3.63, 3.8) is 0 Å². The molecule has 3 rings (SSSR count). The second-order valence-electron chi connectivity index (χ2n) is 5.92. The molecule has 0 N–H and O–H groups in total. The van der Waals surface area contributed by atoms with Gasteiger partial charge in [-0.1, -0.05) is 12.1 Å². The molecule has 0 heterocycles. The van der Waals surface area contributed by atoms with E-state index in [0.717, 1.165) is 0 Å². The lowest BCUT2D eigenvalue weighted by atomic mass is 9.90. The Morgan fingerprint density at radius 2 is 1.81 bits per heavy atom. The highest BCUT2D eigenvalue weighted by atomic mass is 32.1. The Labute approximate surface area is 154 Å². The third kappa shape index (κ3) is 3.79. The Morgan fingerprint density at radius 1 is 1.15 bits per heavy atom. The highest BCUT2D eigenvalue weighted by Crippen LogP contribution is 2.29. The van der Waals surface area contributed by atoms with Crippen molar-refractivity contribution in [1.29, 1.82) is 0 Å². The number of carbonyl (C=O) groups is 1. The van der Waals surface area contributed by atoms with Crippen LogP contribution in [0.1, 0.15) is 23.2 Å². The van der Waals surface area contributed by atoms with Gasteiger partial charge in [0, 0.05) is 12.8 Å². The van der Waals surface area contributed by atoms with Gasteiger partial charge < -0.3 is 9.47 Å². The third-order valence-corrected chi connectivity index (χ3v) is 4.36. The fraction of sp³-hybridized carbons (Fsp3) is 0.263. The summed E-state index contributed by atoms with van der Waals surface area (Å²) in [4.78, 5) is 16.0. The zero-order valence-electron chi connectivity index (χ0n) is 13.9. The van der Waals surface area contributed by atoms with Gasteiger partial charge in [0.15, 0.2) is 11.6 Å². The summed E-state index contributed by atoms with van der Waals surface area (Å²) in [5.41, 5.74) is 0.756. The average molecular weight is 375 g/mol. The van der Waals surface area contributed by atoms with Gasteiger partial charge in [-0.2, -0.15) is 0 Å². The molecular formula is C19H15F2NO3S. The number of nitrogens with zero attached hydrogens (tertiary/aromatic N) is 1. The molecule has 0 aliphatic heterocycles. The van der Waals surface area contributed by atoms with Gasteiger partial charge >= 0.3 is 5.97 Å². The van der Waals surface area contributed by atoms with Crippen LogP contribution in [0.3, 0.4) is 0 Å². The van der Waals surface area contributed by atoms with Crippen LogP contribution in [0.25, 0.3) is 11.1 Å². The Hall–Kier alpha value is -2.63. The van der Waals surface area contributed by atoms with Crippen LogP contribution in [-0.2, 0) is 4.74 Å². The first kappa shape index (κ1) is 18.2. The van der Waals surface area contributed by atoms with Crippen molar-refractivity contribution in [1.82, 2.24) is 0 Å². The van der Waals surface area contributed by atoms with Crippen LogP contribution in [0.2, 0.25) is 0 Å². The quantitative estimate of drug-likeness (QED) is 0.441. The SMILES string of the molecule is COc1ccc(-c2ccc(C(=O)O[C@H]3C[C@@H](N=C=S)C3)c(F)c2)cc1F. The highest BCUT2D eigenvalue weighted by Gasteiger charge is 2.32. The predicted octanol–water partition coefficient (Wildman–Crippen LogP) is 4.43. The minimum Gasteiger partial charge on any atom is -0.494 e. The Kier molecular flexibility index (Phi) is 5.40. The second kappa shape index (κ2) is 7.72. The van der Waals surface area contributed by atoms with Gasteiger partial charge in [-0.3, -0.25) is 0 Å². The number of ether oxygens (including phenoxy) is 2. The number of hydrogen-bond donors (Lipinski definition) is 0. The molecule has 1 saturated carbocycles. The van der Waals surface area contributed by atoms with E-state index in [0.29, 0.717) is 24.0 Å². The maximum absolute atomic E-state index is 14.3. The first-order chi connectivity index (χ1) is 12.5. The number of methoxy groups -OCH3 is 1. The second-order valence-corrected chi connectivity index (χ2v) is 6.10. The summed E-state index contributed by atoms with van der Waals surface area (Å²) in [6, 6.07) is 8.39. The van der Waals surface area contributed by atoms with Gasteiger partial charge in [-0.25, -0.2) is 18.6 Å². The molecule has 0 saturated heterocycles. The Morgan fingerprint density at radius 3 is 2.38 bits per heavy atom. The average Bonchev–Trinajstić information content (AvgIpc) is 2.59. The van der Waals surface area contributed by atoms with Gasteiger partial charge in [0.2, 0.25) is 0 Å². The fourth-order valence-electron chi connectivity index (χ4n) is 2.74. The molecule has 0 amide bonds. The molecule has 2 aromatic rings. The lowest BCUT2D eigenvalue weighted by Gasteiger charge is -2.31. The maximum atomic E-state index is 14.3. The summed E-state index contributed by atoms with van der Waals surface area (Å²) in [5.74, 6) is -1.90. The number of benzene rings is 2. The molecule has 0 bridgehead atoms. The molecule has 0 atom stereocenters. The van der Waals surface area contributed by atoms with E-state index in [2.05, 4.69) is 22.4 Å². The van der Waals surface area contributed by atoms with Crippen LogP contribution < -0.4 is 4.74 Å². The molecule has 26 heavy (non-hydrogen) atoms. The number of carbonyl (C=O) groups excluding carboxylic acids is 1. The standard InChI is InChI=1S/C19H15F2NO3S/c1-24-18-5-3-12(7-17(18)21)11-2-4-15(16(20)6-11)19(23)25-14-8-13(9-14)22-10-26/h2-7,13-14H,8-9H2,1H3/t13-,14+. The van der Waals surface area contributed by atoms with Crippen LogP contribution in [-0.4, -0.2) is 30.4 Å². The van der Waals surface area contributed by atoms with E-state index in [1.807, 2.05) is 0 Å². The number of esters is 1. The van der Waals surface area contributed by atoms with E-state index in [9.17, 15) is 13.6 Å². The molecular weight excluding hydrogens is 360 g/mol. The number of thiocarbonyl (C=S) groups is 1. The van der Waals surface area contributed by atoms with Gasteiger partial charge in [0.25, 0.3) is 0 Å². The van der Waals surface area contributed by atoms with E-state index >= 15 is 0 Å². The van der Waals surface area contributed by atoms with Crippen LogP contribution in [0.15, 0.2) is 41.4 Å². The summed E-state index contributed by atoms with van der Waals surface area (Å²) in [5, 5.41) is 2.29. The van der Waals surface area contributed by atoms with Crippen LogP contribution in [0, 0.1) is 11.6 Å². The first-order valence-electron chi connectivity index (χ1n) is 7.93. The van der Waals surface area contributed by atoms with E-state index in [4.69, 9.17) is 9.47 Å². The largest absolute Gasteiger partial charge is 0.494 e. The van der Waals surface area contributed by atoms with E-state index < -0.39 is 17.6 Å². The third-order valence-electron chi connectivity index (χ3n) is 4.25. The molecule has 7 heteroatoms. The molecule has 0 spiro atoms. The van der Waals surface area contributed by atoms with Crippen molar-refractivity contribution in [2.24, 2.45) is 4.99 Å². The Balaban J connectivity index is 1.72. The smallest absolute Gasteiger partial charge is 0.341 e. The van der Waals surface area contributed by atoms with Crippen molar-refractivity contribution in [3.05, 3.63) is 53.6 Å². The van der Waals surface area contributed by atoms with Crippen molar-refractivity contribution in [2.45, 2.75) is 25.0 Å². The van der Waals surface area contributed by atoms with Crippen molar-refractivity contribution >= 4 is 23.3 Å². The number of isothiocyanates is 1. The van der Waals surface area contributed by atoms with Crippen molar-refractivity contribution in [2.75, 3.05) is 7.11 Å². The summed E-state index contributed by atoms with van der Waals surface area (Å²) < 4.78 is 38.3. The molecule has 0 radical (unpaired) electrons. The zero-order chi connectivity index (χ0) is 18.7. The summed E-state index contributed by atoms with van der Waals surface area (Å²) in [6.45, 7) is 0. The summed E-state index contributed by atoms with van der Waals surface area (Å²) >= 11 is 4.52. The molecule has 1 aliphatic rings. The molecule has 4 nitrogen and oxygen atoms in total. The minimum atomic E-state index is -0.732. The van der Waals surface area contributed by atoms with E-state index in [-0.39, 0.29) is 23.5 Å². The molecule has 2 aromatic carbocycles. The lowest BCUT2D eigenvalue weighted by Crippen LogP contribution is -2.36. The zero-order valence-corrected chi connectivity index (χ0v) is 14.7. The lowest BCUT2D eigenvalue weighted by molar-refractivity contribution is 0.00316. The minimum absolute atomic E-state index is 0.0162. The molecule has 1 aliphatic carbocycles. The number of aliphatic imine (C=N–C) groups is 1. The van der Waals surface area contributed by atoms with Crippen molar-refractivity contribution < 1.29 is 23.0 Å². The monoisotopic (exact) mass is 375 g/mol. The molecule has 0 unspecified atom stereocenters. The molecule has 0 aromatic heterocycles. The molecule has 1 fully saturated rings. The van der Waals surface area contributed by atoms with E-state index in [1.54, 1.807) is 12.1 Å². The number of halogens is 2. The first-order valence-corrected chi connectivity index (χ1v) is 8.34. The number of rotatable bonds is 5. The van der Waals surface area contributed by atoms with Crippen LogP contribution in [0.4, 0.5) is 8.78 Å².